The summed E-state index contributed by atoms with van der Waals surface area (Å²) in [6.07, 6.45) is 0. The van der Waals surface area contributed by atoms with Crippen LogP contribution in [0.3, 0.4) is 0 Å². The number of aryl methyl sites for hydroxylation is 2. The largest absolute Gasteiger partial charge is 0.398 e. The summed E-state index contributed by atoms with van der Waals surface area (Å²) >= 11 is 11.9. The zero-order chi connectivity index (χ0) is 12.6. The first-order valence-corrected chi connectivity index (χ1v) is 6.07. The first-order valence-electron chi connectivity index (χ1n) is 5.31. The Morgan fingerprint density at radius 1 is 0.941 bits per heavy atom. The molecule has 88 valence electrons. The highest BCUT2D eigenvalue weighted by atomic mass is 35.5. The van der Waals surface area contributed by atoms with Gasteiger partial charge in [0.1, 0.15) is 0 Å². The van der Waals surface area contributed by atoms with Crippen molar-refractivity contribution in [1.82, 2.24) is 0 Å². The van der Waals surface area contributed by atoms with Gasteiger partial charge >= 0.3 is 0 Å². The number of benzene rings is 2. The van der Waals surface area contributed by atoms with E-state index in [1.807, 2.05) is 26.0 Å². The van der Waals surface area contributed by atoms with Crippen molar-refractivity contribution in [3.8, 4) is 11.1 Å². The van der Waals surface area contributed by atoms with E-state index in [1.165, 1.54) is 5.56 Å². The first-order chi connectivity index (χ1) is 7.99. The lowest BCUT2D eigenvalue weighted by Crippen LogP contribution is -1.95. The van der Waals surface area contributed by atoms with E-state index in [9.17, 15) is 0 Å². The van der Waals surface area contributed by atoms with Gasteiger partial charge in [0.05, 0.1) is 10.0 Å². The third-order valence-corrected chi connectivity index (χ3v) is 3.50. The Kier molecular flexibility index (Phi) is 3.32. The third-order valence-electron chi connectivity index (χ3n) is 2.76. The number of nitrogens with two attached hydrogens (primary N) is 1. The van der Waals surface area contributed by atoms with Crippen molar-refractivity contribution in [3.63, 3.8) is 0 Å². The maximum Gasteiger partial charge on any atom is 0.0598 e. The van der Waals surface area contributed by atoms with Gasteiger partial charge in [-0.05, 0) is 43.2 Å². The molecule has 0 aliphatic rings. The molecule has 0 saturated carbocycles. The smallest absolute Gasteiger partial charge is 0.0598 e. The minimum atomic E-state index is 0.544. The molecule has 2 aromatic rings. The Morgan fingerprint density at radius 2 is 1.65 bits per heavy atom. The van der Waals surface area contributed by atoms with Gasteiger partial charge in [0.25, 0.3) is 0 Å². The van der Waals surface area contributed by atoms with Gasteiger partial charge in [-0.15, -0.1) is 0 Å². The second kappa shape index (κ2) is 4.59. The second-order valence-corrected chi connectivity index (χ2v) is 4.99. The average molecular weight is 266 g/mol. The molecule has 0 aromatic heterocycles. The molecule has 0 unspecified atom stereocenters. The van der Waals surface area contributed by atoms with Crippen molar-refractivity contribution in [2.75, 3.05) is 5.73 Å². The molecular weight excluding hydrogens is 253 g/mol. The molecule has 0 heterocycles. The van der Waals surface area contributed by atoms with E-state index in [4.69, 9.17) is 28.9 Å². The Morgan fingerprint density at radius 3 is 2.29 bits per heavy atom. The molecule has 0 atom stereocenters. The predicted molar refractivity (Wildman–Crippen MR) is 75.8 cm³/mol. The summed E-state index contributed by atoms with van der Waals surface area (Å²) in [4.78, 5) is 0. The number of rotatable bonds is 1. The van der Waals surface area contributed by atoms with E-state index < -0.39 is 0 Å². The lowest BCUT2D eigenvalue weighted by Gasteiger charge is -2.11. The van der Waals surface area contributed by atoms with Gasteiger partial charge < -0.3 is 5.73 Å². The molecule has 1 nitrogen and oxygen atoms in total. The molecule has 0 aliphatic carbocycles. The van der Waals surface area contributed by atoms with E-state index in [0.717, 1.165) is 22.4 Å². The van der Waals surface area contributed by atoms with Gasteiger partial charge in [-0.25, -0.2) is 0 Å². The van der Waals surface area contributed by atoms with Crippen LogP contribution >= 0.6 is 23.2 Å². The van der Waals surface area contributed by atoms with Crippen LogP contribution in [0.5, 0.6) is 0 Å². The molecule has 0 aliphatic heterocycles. The van der Waals surface area contributed by atoms with E-state index in [2.05, 4.69) is 12.1 Å². The molecular formula is C14H13Cl2N. The van der Waals surface area contributed by atoms with Gasteiger partial charge in [0.15, 0.2) is 0 Å². The van der Waals surface area contributed by atoms with Crippen LogP contribution < -0.4 is 5.73 Å². The van der Waals surface area contributed by atoms with Gasteiger partial charge in [0, 0.05) is 11.3 Å². The molecule has 0 saturated heterocycles. The van der Waals surface area contributed by atoms with Crippen LogP contribution in [-0.4, -0.2) is 0 Å². The SMILES string of the molecule is Cc1cc(C)c(N)c(-c2ccc(Cl)c(Cl)c2)c1. The number of halogens is 2. The molecule has 2 N–H and O–H groups in total. The van der Waals surface area contributed by atoms with Gasteiger partial charge in [-0.2, -0.15) is 0 Å². The van der Waals surface area contributed by atoms with Crippen LogP contribution in [0.2, 0.25) is 10.0 Å². The predicted octanol–water partition coefficient (Wildman–Crippen LogP) is 4.86. The summed E-state index contributed by atoms with van der Waals surface area (Å²) in [5.74, 6) is 0. The highest BCUT2D eigenvalue weighted by Crippen LogP contribution is 2.33. The lowest BCUT2D eigenvalue weighted by molar-refractivity contribution is 1.38. The second-order valence-electron chi connectivity index (χ2n) is 4.17. The van der Waals surface area contributed by atoms with Crippen molar-refractivity contribution < 1.29 is 0 Å². The van der Waals surface area contributed by atoms with Crippen LogP contribution in [0.15, 0.2) is 30.3 Å². The van der Waals surface area contributed by atoms with E-state index in [1.54, 1.807) is 6.07 Å². The number of hydrogen-bond acceptors (Lipinski definition) is 1. The molecule has 2 aromatic carbocycles. The van der Waals surface area contributed by atoms with E-state index >= 15 is 0 Å². The third kappa shape index (κ3) is 2.41. The zero-order valence-electron chi connectivity index (χ0n) is 9.72. The molecule has 2 rings (SSSR count). The highest BCUT2D eigenvalue weighted by Gasteiger charge is 2.08. The van der Waals surface area contributed by atoms with Crippen molar-refractivity contribution in [3.05, 3.63) is 51.5 Å². The van der Waals surface area contributed by atoms with Crippen molar-refractivity contribution in [2.24, 2.45) is 0 Å². The van der Waals surface area contributed by atoms with E-state index in [-0.39, 0.29) is 0 Å². The maximum absolute atomic E-state index is 6.10. The quantitative estimate of drug-likeness (QED) is 0.733. The highest BCUT2D eigenvalue weighted by molar-refractivity contribution is 6.42. The summed E-state index contributed by atoms with van der Waals surface area (Å²) in [5, 5.41) is 1.10. The van der Waals surface area contributed by atoms with Gasteiger partial charge in [0.2, 0.25) is 0 Å². The summed E-state index contributed by atoms with van der Waals surface area (Å²) in [6, 6.07) is 9.68. The van der Waals surface area contributed by atoms with Crippen molar-refractivity contribution in [1.29, 1.82) is 0 Å². The molecule has 17 heavy (non-hydrogen) atoms. The Hall–Kier alpha value is -1.18. The minimum Gasteiger partial charge on any atom is -0.398 e. The van der Waals surface area contributed by atoms with Gasteiger partial charge in [-0.3, -0.25) is 0 Å². The Balaban J connectivity index is 2.64. The van der Waals surface area contributed by atoms with Gasteiger partial charge in [-0.1, -0.05) is 40.9 Å². The van der Waals surface area contributed by atoms with Crippen molar-refractivity contribution in [2.45, 2.75) is 13.8 Å². The summed E-state index contributed by atoms with van der Waals surface area (Å²) in [6.45, 7) is 4.05. The molecule has 0 amide bonds. The fraction of sp³-hybridized carbons (Fsp3) is 0.143. The van der Waals surface area contributed by atoms with Crippen LogP contribution in [0.4, 0.5) is 5.69 Å². The number of hydrogen-bond donors (Lipinski definition) is 1. The first kappa shape index (κ1) is 12.3. The Bertz CT molecular complexity index is 577. The fourth-order valence-corrected chi connectivity index (χ4v) is 2.18. The van der Waals surface area contributed by atoms with Crippen molar-refractivity contribution >= 4 is 28.9 Å². The van der Waals surface area contributed by atoms with Crippen LogP contribution in [0, 0.1) is 13.8 Å². The average Bonchev–Trinajstić information content (AvgIpc) is 2.27. The molecule has 0 bridgehead atoms. The number of anilines is 1. The molecule has 0 fully saturated rings. The molecule has 0 spiro atoms. The fourth-order valence-electron chi connectivity index (χ4n) is 1.88. The van der Waals surface area contributed by atoms with Crippen LogP contribution in [0.25, 0.3) is 11.1 Å². The minimum absolute atomic E-state index is 0.544. The Labute approximate surface area is 111 Å². The topological polar surface area (TPSA) is 26.0 Å². The monoisotopic (exact) mass is 265 g/mol. The van der Waals surface area contributed by atoms with Crippen LogP contribution in [0.1, 0.15) is 11.1 Å². The summed E-state index contributed by atoms with van der Waals surface area (Å²) in [5.41, 5.74) is 11.1. The number of nitrogen functional groups attached to an aromatic ring is 1. The maximum atomic E-state index is 6.10. The standard InChI is InChI=1S/C14H13Cl2N/c1-8-5-9(2)14(17)11(6-8)10-3-4-12(15)13(16)7-10/h3-7H,17H2,1-2H3. The molecule has 3 heteroatoms. The van der Waals surface area contributed by atoms with Crippen LogP contribution in [-0.2, 0) is 0 Å². The summed E-state index contributed by atoms with van der Waals surface area (Å²) < 4.78 is 0. The molecule has 0 radical (unpaired) electrons. The summed E-state index contributed by atoms with van der Waals surface area (Å²) in [7, 11) is 0. The lowest BCUT2D eigenvalue weighted by atomic mass is 9.98. The normalized spacial score (nSPS) is 10.6. The zero-order valence-corrected chi connectivity index (χ0v) is 11.2. The van der Waals surface area contributed by atoms with E-state index in [0.29, 0.717) is 10.0 Å².